The number of nitrogens with zero attached hydrogens (tertiary/aromatic N) is 1. The molecule has 0 bridgehead atoms. The van der Waals surface area contributed by atoms with E-state index < -0.39 is 32.5 Å². The molecule has 352 valence electrons. The van der Waals surface area contributed by atoms with Gasteiger partial charge in [0.2, 0.25) is 0 Å². The molecule has 10 heteroatoms. The minimum atomic E-state index is -4.41. The number of ether oxygens (including phenoxy) is 2. The molecule has 0 saturated carbocycles. The number of unbranched alkanes of at least 4 members (excludes halogenated alkanes) is 10. The first-order chi connectivity index (χ1) is 30.0. The fourth-order valence-corrected chi connectivity index (χ4v) is 6.47. The van der Waals surface area contributed by atoms with Crippen molar-refractivity contribution in [1.82, 2.24) is 0 Å². The van der Waals surface area contributed by atoms with Gasteiger partial charge in [0, 0.05) is 6.42 Å². The van der Waals surface area contributed by atoms with Gasteiger partial charge in [-0.15, -0.1) is 0 Å². The number of quaternary nitrogens is 1. The van der Waals surface area contributed by atoms with Gasteiger partial charge in [-0.2, -0.15) is 0 Å². The van der Waals surface area contributed by atoms with Crippen LogP contribution in [-0.4, -0.2) is 74.9 Å². The number of likely N-dealkylation sites (N-methyl/N-ethyl adjacent to an activating group) is 1. The predicted molar refractivity (Wildman–Crippen MR) is 261 cm³/mol. The van der Waals surface area contributed by atoms with Crippen LogP contribution >= 0.6 is 7.82 Å². The maximum absolute atomic E-state index is 12.6. The SMILES string of the molecule is CC/C=C\C/C=C\C/C=C\C/C=C\C/C=C\CC(=O)OC(COC(=O)CCCCCCCCCCCC/C=C\C/C=C\C/C=C\C/C=C\CC)COP(=O)(O)OCC[N+](C)(C)C. The van der Waals surface area contributed by atoms with Crippen molar-refractivity contribution in [3.63, 3.8) is 0 Å². The lowest BCUT2D eigenvalue weighted by molar-refractivity contribution is -0.870. The molecule has 0 heterocycles. The Kier molecular flexibility index (Phi) is 40.6. The molecule has 0 aromatic heterocycles. The monoisotopic (exact) mass is 885 g/mol. The van der Waals surface area contributed by atoms with Crippen molar-refractivity contribution in [3.8, 4) is 0 Å². The Balaban J connectivity index is 4.38. The Morgan fingerprint density at radius 3 is 1.37 bits per heavy atom. The van der Waals surface area contributed by atoms with Crippen LogP contribution in [0.15, 0.2) is 109 Å². The maximum atomic E-state index is 12.6. The molecule has 2 unspecified atom stereocenters. The molecular weight excluding hydrogens is 798 g/mol. The maximum Gasteiger partial charge on any atom is 0.472 e. The Bertz CT molecular complexity index is 1420. The van der Waals surface area contributed by atoms with Crippen LogP contribution in [0.5, 0.6) is 0 Å². The van der Waals surface area contributed by atoms with Crippen LogP contribution in [0.1, 0.15) is 155 Å². The normalized spacial score (nSPS) is 14.5. The third-order valence-electron chi connectivity index (χ3n) is 9.33. The Labute approximate surface area is 378 Å². The zero-order valence-electron chi connectivity index (χ0n) is 39.6. The summed E-state index contributed by atoms with van der Waals surface area (Å²) in [4.78, 5) is 35.4. The molecule has 0 fully saturated rings. The highest BCUT2D eigenvalue weighted by Gasteiger charge is 2.27. The molecule has 2 atom stereocenters. The smallest absolute Gasteiger partial charge is 0.462 e. The number of hydrogen-bond donors (Lipinski definition) is 1. The predicted octanol–water partition coefficient (Wildman–Crippen LogP) is 13.9. The van der Waals surface area contributed by atoms with Gasteiger partial charge in [0.15, 0.2) is 6.10 Å². The van der Waals surface area contributed by atoms with Crippen molar-refractivity contribution in [3.05, 3.63) is 109 Å². The van der Waals surface area contributed by atoms with Crippen LogP contribution in [-0.2, 0) is 32.7 Å². The Morgan fingerprint density at radius 1 is 0.516 bits per heavy atom. The lowest BCUT2D eigenvalue weighted by atomic mass is 10.1. The van der Waals surface area contributed by atoms with Gasteiger partial charge >= 0.3 is 19.8 Å². The summed E-state index contributed by atoms with van der Waals surface area (Å²) in [6.07, 6.45) is 58.9. The van der Waals surface area contributed by atoms with Crippen molar-refractivity contribution in [2.24, 2.45) is 0 Å². The van der Waals surface area contributed by atoms with Crippen LogP contribution in [0.2, 0.25) is 0 Å². The van der Waals surface area contributed by atoms with E-state index in [-0.39, 0.29) is 26.1 Å². The summed E-state index contributed by atoms with van der Waals surface area (Å²) < 4.78 is 34.2. The van der Waals surface area contributed by atoms with E-state index in [0.29, 0.717) is 23.9 Å². The lowest BCUT2D eigenvalue weighted by Gasteiger charge is -2.24. The number of phosphoric acid groups is 1. The molecule has 0 aromatic carbocycles. The van der Waals surface area contributed by atoms with Gasteiger partial charge in [0.25, 0.3) is 0 Å². The fourth-order valence-electron chi connectivity index (χ4n) is 5.73. The summed E-state index contributed by atoms with van der Waals surface area (Å²) in [6, 6.07) is 0. The summed E-state index contributed by atoms with van der Waals surface area (Å²) >= 11 is 0. The topological polar surface area (TPSA) is 108 Å². The summed E-state index contributed by atoms with van der Waals surface area (Å²) in [6.45, 7) is 4.05. The van der Waals surface area contributed by atoms with Crippen molar-refractivity contribution in [2.75, 3.05) is 47.5 Å². The van der Waals surface area contributed by atoms with E-state index in [1.807, 2.05) is 33.3 Å². The van der Waals surface area contributed by atoms with Crippen molar-refractivity contribution < 1.29 is 42.1 Å². The van der Waals surface area contributed by atoms with Gasteiger partial charge in [0.1, 0.15) is 19.8 Å². The van der Waals surface area contributed by atoms with Crippen LogP contribution in [0.25, 0.3) is 0 Å². The van der Waals surface area contributed by atoms with Gasteiger partial charge in [-0.1, -0.05) is 175 Å². The zero-order chi connectivity index (χ0) is 45.7. The second kappa shape index (κ2) is 42.9. The first-order valence-electron chi connectivity index (χ1n) is 23.6. The minimum Gasteiger partial charge on any atom is -0.462 e. The summed E-state index contributed by atoms with van der Waals surface area (Å²) in [5.74, 6) is -0.961. The summed E-state index contributed by atoms with van der Waals surface area (Å²) in [5, 5.41) is 0. The molecule has 0 aromatic rings. The van der Waals surface area contributed by atoms with Gasteiger partial charge in [0.05, 0.1) is 34.2 Å². The molecule has 0 amide bonds. The lowest BCUT2D eigenvalue weighted by Crippen LogP contribution is -2.37. The van der Waals surface area contributed by atoms with Crippen molar-refractivity contribution >= 4 is 19.8 Å². The number of carbonyl (C=O) groups excluding carboxylic acids is 2. The van der Waals surface area contributed by atoms with E-state index in [9.17, 15) is 19.0 Å². The second-order valence-corrected chi connectivity index (χ2v) is 17.8. The Morgan fingerprint density at radius 2 is 0.919 bits per heavy atom. The number of allylic oxidation sites excluding steroid dienone is 17. The van der Waals surface area contributed by atoms with Crippen LogP contribution in [0.3, 0.4) is 0 Å². The molecule has 0 rings (SSSR count). The van der Waals surface area contributed by atoms with Gasteiger partial charge in [-0.25, -0.2) is 4.57 Å². The summed E-state index contributed by atoms with van der Waals surface area (Å²) in [7, 11) is 1.40. The van der Waals surface area contributed by atoms with Gasteiger partial charge in [-0.3, -0.25) is 18.6 Å². The highest BCUT2D eigenvalue weighted by Crippen LogP contribution is 2.43. The molecule has 0 aliphatic heterocycles. The third kappa shape index (κ3) is 46.2. The van der Waals surface area contributed by atoms with Crippen molar-refractivity contribution in [2.45, 2.75) is 161 Å². The van der Waals surface area contributed by atoms with Crippen LogP contribution in [0.4, 0.5) is 0 Å². The zero-order valence-corrected chi connectivity index (χ0v) is 40.4. The van der Waals surface area contributed by atoms with E-state index >= 15 is 0 Å². The fraction of sp³-hybridized carbons (Fsp3) is 0.615. The van der Waals surface area contributed by atoms with Gasteiger partial charge < -0.3 is 18.9 Å². The second-order valence-electron chi connectivity index (χ2n) is 16.4. The molecule has 0 aliphatic carbocycles. The van der Waals surface area contributed by atoms with E-state index in [0.717, 1.165) is 77.0 Å². The Hall–Kier alpha value is -3.33. The highest BCUT2D eigenvalue weighted by atomic mass is 31.2. The van der Waals surface area contributed by atoms with Crippen molar-refractivity contribution in [1.29, 1.82) is 0 Å². The molecule has 0 radical (unpaired) electrons. The molecule has 0 spiro atoms. The first-order valence-corrected chi connectivity index (χ1v) is 25.1. The average Bonchev–Trinajstić information content (AvgIpc) is 3.23. The largest absolute Gasteiger partial charge is 0.472 e. The quantitative estimate of drug-likeness (QED) is 0.0213. The van der Waals surface area contributed by atoms with E-state index in [2.05, 4.69) is 105 Å². The van der Waals surface area contributed by atoms with Gasteiger partial charge in [-0.05, 0) is 77.0 Å². The molecule has 0 saturated heterocycles. The molecule has 9 nitrogen and oxygen atoms in total. The molecule has 62 heavy (non-hydrogen) atoms. The standard InChI is InChI=1S/C52H86NO8P/c1-6-8-10-12-14-16-18-20-22-23-24-25-26-27-28-29-31-32-34-36-38-40-42-44-51(54)58-48-50(49-60-62(56,57)59-47-46-53(3,4)5)61-52(55)45-43-41-39-37-35-33-30-21-19-17-15-13-11-9-7-2/h8-11,14-17,20-22,24-25,30,35,37,41,43,50H,6-7,12-13,18-19,23,26-29,31-34,36,38-40,42,44-49H2,1-5H3/p+1/b10-8-,11-9-,16-14-,17-15-,22-20-,25-24-,30-21-,37-35-,43-41-. The van der Waals surface area contributed by atoms with E-state index in [1.165, 1.54) is 38.5 Å². The average molecular weight is 885 g/mol. The highest BCUT2D eigenvalue weighted by molar-refractivity contribution is 7.47. The third-order valence-corrected chi connectivity index (χ3v) is 10.3. The van der Waals surface area contributed by atoms with E-state index in [1.54, 1.807) is 6.08 Å². The molecular formula is C52H87NO8P+. The number of phosphoric ester groups is 1. The van der Waals surface area contributed by atoms with Crippen LogP contribution < -0.4 is 0 Å². The molecule has 0 aliphatic rings. The number of carbonyl (C=O) groups is 2. The minimum absolute atomic E-state index is 0.00142. The van der Waals surface area contributed by atoms with E-state index in [4.69, 9.17) is 18.5 Å². The summed E-state index contributed by atoms with van der Waals surface area (Å²) in [5.41, 5.74) is 0. The number of rotatable bonds is 41. The van der Waals surface area contributed by atoms with Crippen LogP contribution in [0, 0.1) is 0 Å². The number of hydrogen-bond acceptors (Lipinski definition) is 7. The molecule has 1 N–H and O–H groups in total. The number of esters is 2. The first kappa shape index (κ1) is 58.7.